The molecule has 0 fully saturated rings. The molecule has 0 saturated carbocycles. The molecular formula is C21H30N4O5S2. The minimum Gasteiger partial charge on any atom is -0.306 e. The minimum atomic E-state index is -3.63. The van der Waals surface area contributed by atoms with Crippen LogP contribution in [0.25, 0.3) is 0 Å². The Bertz CT molecular complexity index is 1200. The first-order valence-corrected chi connectivity index (χ1v) is 14.3. The number of unbranched alkanes of at least 4 members (excludes halogenated alkanes) is 4. The normalized spacial score (nSPS) is 13.9. The van der Waals surface area contributed by atoms with E-state index in [1.807, 2.05) is 0 Å². The second-order valence-electron chi connectivity index (χ2n) is 8.18. The van der Waals surface area contributed by atoms with E-state index in [-0.39, 0.29) is 16.3 Å². The maximum absolute atomic E-state index is 13.2. The Balaban J connectivity index is 1.78. The molecule has 0 bridgehead atoms. The molecule has 0 radical (unpaired) electrons. The SMILES string of the molecule is CCCCCCCS(=O)(=O)c1ccc2c(c1)CCN2C(=O)c1cc(C)nn1NS(C)(=O)=O. The van der Waals surface area contributed by atoms with Crippen LogP contribution in [0.4, 0.5) is 5.69 Å². The Labute approximate surface area is 189 Å². The molecule has 1 N–H and O–H groups in total. The molecule has 9 nitrogen and oxygen atoms in total. The number of carbonyl (C=O) groups excluding carboxylic acids is 1. The number of aryl methyl sites for hydroxylation is 1. The fourth-order valence-corrected chi connectivity index (χ4v) is 5.68. The predicted octanol–water partition coefficient (Wildman–Crippen LogP) is 2.64. The smallest absolute Gasteiger partial charge is 0.278 e. The van der Waals surface area contributed by atoms with Crippen molar-refractivity contribution in [2.45, 2.75) is 57.3 Å². The average Bonchev–Trinajstić information content (AvgIpc) is 3.28. The Morgan fingerprint density at radius 3 is 2.50 bits per heavy atom. The third-order valence-corrected chi connectivity index (χ3v) is 7.67. The van der Waals surface area contributed by atoms with E-state index in [1.54, 1.807) is 25.1 Å². The molecule has 1 aromatic carbocycles. The summed E-state index contributed by atoms with van der Waals surface area (Å²) >= 11 is 0. The van der Waals surface area contributed by atoms with Crippen molar-refractivity contribution in [3.05, 3.63) is 41.2 Å². The molecule has 0 spiro atoms. The first kappa shape index (κ1) is 24.2. The zero-order chi connectivity index (χ0) is 23.5. The summed E-state index contributed by atoms with van der Waals surface area (Å²) in [4.78, 5) is 18.1. The van der Waals surface area contributed by atoms with Gasteiger partial charge in [0, 0.05) is 12.2 Å². The third-order valence-electron chi connectivity index (χ3n) is 5.37. The molecule has 32 heavy (non-hydrogen) atoms. The summed E-state index contributed by atoms with van der Waals surface area (Å²) in [5.74, 6) is -0.291. The quantitative estimate of drug-likeness (QED) is 0.520. The van der Waals surface area contributed by atoms with Crippen LogP contribution in [0, 0.1) is 6.92 Å². The third kappa shape index (κ3) is 5.69. The Morgan fingerprint density at radius 1 is 1.09 bits per heavy atom. The van der Waals surface area contributed by atoms with E-state index in [0.717, 1.165) is 42.3 Å². The number of amides is 1. The molecule has 2 heterocycles. The van der Waals surface area contributed by atoms with Crippen LogP contribution in [0.2, 0.25) is 0 Å². The molecule has 11 heteroatoms. The number of rotatable bonds is 10. The van der Waals surface area contributed by atoms with E-state index < -0.39 is 25.8 Å². The molecular weight excluding hydrogens is 452 g/mol. The lowest BCUT2D eigenvalue weighted by Crippen LogP contribution is -2.34. The summed E-state index contributed by atoms with van der Waals surface area (Å²) in [6, 6.07) is 6.36. The Morgan fingerprint density at radius 2 is 1.81 bits per heavy atom. The number of hydrogen-bond acceptors (Lipinski definition) is 6. The largest absolute Gasteiger partial charge is 0.306 e. The van der Waals surface area contributed by atoms with Gasteiger partial charge in [-0.25, -0.2) is 21.7 Å². The van der Waals surface area contributed by atoms with Gasteiger partial charge in [-0.2, -0.15) is 9.89 Å². The Kier molecular flexibility index (Phi) is 7.29. The van der Waals surface area contributed by atoms with Crippen molar-refractivity contribution in [1.29, 1.82) is 0 Å². The highest BCUT2D eigenvalue weighted by Gasteiger charge is 2.30. The minimum absolute atomic E-state index is 0.0875. The zero-order valence-corrected chi connectivity index (χ0v) is 20.3. The number of carbonyl (C=O) groups is 1. The van der Waals surface area contributed by atoms with E-state index in [9.17, 15) is 21.6 Å². The van der Waals surface area contributed by atoms with Crippen LogP contribution in [0.15, 0.2) is 29.2 Å². The second-order valence-corrected chi connectivity index (χ2v) is 12.0. The number of sulfonamides is 1. The summed E-state index contributed by atoms with van der Waals surface area (Å²) in [6.07, 6.45) is 6.30. The van der Waals surface area contributed by atoms with Crippen molar-refractivity contribution in [2.24, 2.45) is 0 Å². The number of fused-ring (bicyclic) bond motifs is 1. The molecule has 0 unspecified atom stereocenters. The number of benzene rings is 1. The van der Waals surface area contributed by atoms with Crippen LogP contribution in [0.5, 0.6) is 0 Å². The zero-order valence-electron chi connectivity index (χ0n) is 18.7. The molecule has 0 saturated heterocycles. The van der Waals surface area contributed by atoms with E-state index in [0.29, 0.717) is 30.8 Å². The van der Waals surface area contributed by atoms with Gasteiger partial charge in [-0.05, 0) is 49.6 Å². The highest BCUT2D eigenvalue weighted by Crippen LogP contribution is 2.32. The van der Waals surface area contributed by atoms with Gasteiger partial charge in [-0.15, -0.1) is 0 Å². The monoisotopic (exact) mass is 482 g/mol. The number of aromatic nitrogens is 2. The van der Waals surface area contributed by atoms with Gasteiger partial charge >= 0.3 is 0 Å². The topological polar surface area (TPSA) is 118 Å². The van der Waals surface area contributed by atoms with Crippen LogP contribution in [0.3, 0.4) is 0 Å². The summed E-state index contributed by atoms with van der Waals surface area (Å²) in [5.41, 5.74) is 1.99. The lowest BCUT2D eigenvalue weighted by Gasteiger charge is -2.18. The number of sulfone groups is 1. The van der Waals surface area contributed by atoms with Crippen molar-refractivity contribution < 1.29 is 21.6 Å². The highest BCUT2D eigenvalue weighted by molar-refractivity contribution is 7.91. The second kappa shape index (κ2) is 9.62. The van der Waals surface area contributed by atoms with Crippen molar-refractivity contribution in [3.8, 4) is 0 Å². The average molecular weight is 483 g/mol. The van der Waals surface area contributed by atoms with Gasteiger partial charge < -0.3 is 4.90 Å². The summed E-state index contributed by atoms with van der Waals surface area (Å²) in [5, 5.41) is 4.04. The maximum Gasteiger partial charge on any atom is 0.278 e. The molecule has 1 aliphatic heterocycles. The molecule has 2 aromatic rings. The predicted molar refractivity (Wildman–Crippen MR) is 124 cm³/mol. The van der Waals surface area contributed by atoms with Gasteiger partial charge in [-0.3, -0.25) is 4.79 Å². The van der Waals surface area contributed by atoms with Crippen molar-refractivity contribution >= 4 is 31.5 Å². The number of anilines is 1. The molecule has 3 rings (SSSR count). The highest BCUT2D eigenvalue weighted by atomic mass is 32.2. The molecule has 0 aliphatic carbocycles. The van der Waals surface area contributed by atoms with Gasteiger partial charge in [0.05, 0.1) is 22.6 Å². The van der Waals surface area contributed by atoms with Crippen molar-refractivity contribution in [3.63, 3.8) is 0 Å². The van der Waals surface area contributed by atoms with Gasteiger partial charge in [0.15, 0.2) is 15.5 Å². The number of nitrogens with one attached hydrogen (secondary N) is 1. The lowest BCUT2D eigenvalue weighted by atomic mass is 10.2. The standard InChI is InChI=1S/C21H30N4O5S2/c1-4-5-6-7-8-13-32(29,30)18-9-10-19-17(15-18)11-12-24(19)21(26)20-14-16(2)22-25(20)23-31(3,27)28/h9-10,14-15,23H,4-8,11-13H2,1-3H3. The van der Waals surface area contributed by atoms with E-state index >= 15 is 0 Å². The molecule has 0 atom stereocenters. The van der Waals surface area contributed by atoms with Crippen LogP contribution in [-0.2, 0) is 26.3 Å². The molecule has 176 valence electrons. The van der Waals surface area contributed by atoms with Crippen LogP contribution < -0.4 is 9.73 Å². The summed E-state index contributed by atoms with van der Waals surface area (Å²) < 4.78 is 48.7. The van der Waals surface area contributed by atoms with Crippen molar-refractivity contribution in [2.75, 3.05) is 28.3 Å². The molecule has 1 aliphatic rings. The van der Waals surface area contributed by atoms with E-state index in [1.165, 1.54) is 11.0 Å². The molecule has 1 amide bonds. The van der Waals surface area contributed by atoms with Crippen LogP contribution in [-0.4, -0.2) is 51.2 Å². The number of hydrogen-bond donors (Lipinski definition) is 1. The summed E-state index contributed by atoms with van der Waals surface area (Å²) in [6.45, 7) is 4.15. The van der Waals surface area contributed by atoms with Crippen LogP contribution >= 0.6 is 0 Å². The van der Waals surface area contributed by atoms with Gasteiger partial charge in [0.25, 0.3) is 5.91 Å². The molecule has 1 aromatic heterocycles. The van der Waals surface area contributed by atoms with E-state index in [4.69, 9.17) is 0 Å². The Hall–Kier alpha value is -2.40. The van der Waals surface area contributed by atoms with Gasteiger partial charge in [0.1, 0.15) is 0 Å². The lowest BCUT2D eigenvalue weighted by molar-refractivity contribution is 0.0981. The van der Waals surface area contributed by atoms with Crippen molar-refractivity contribution in [1.82, 2.24) is 9.89 Å². The fourth-order valence-electron chi connectivity index (χ4n) is 3.81. The van der Waals surface area contributed by atoms with E-state index in [2.05, 4.69) is 16.9 Å². The maximum atomic E-state index is 13.2. The number of nitrogens with zero attached hydrogens (tertiary/aromatic N) is 3. The first-order chi connectivity index (χ1) is 15.0. The van der Waals surface area contributed by atoms with Gasteiger partial charge in [-0.1, -0.05) is 32.6 Å². The fraction of sp³-hybridized carbons (Fsp3) is 0.524. The summed E-state index contributed by atoms with van der Waals surface area (Å²) in [7, 11) is -7.00. The first-order valence-electron chi connectivity index (χ1n) is 10.7. The van der Waals surface area contributed by atoms with Crippen LogP contribution in [0.1, 0.15) is 60.8 Å². The van der Waals surface area contributed by atoms with Gasteiger partial charge in [0.2, 0.25) is 10.0 Å².